The van der Waals surface area contributed by atoms with Crippen molar-refractivity contribution in [3.63, 3.8) is 0 Å². The molecular weight excluding hydrogens is 182 g/mol. The Kier molecular flexibility index (Phi) is 2.65. The summed E-state index contributed by atoms with van der Waals surface area (Å²) in [5.74, 6) is 0.670. The van der Waals surface area contributed by atoms with E-state index in [0.29, 0.717) is 5.92 Å². The predicted octanol–water partition coefficient (Wildman–Crippen LogP) is 2.47. The smallest absolute Gasteiger partial charge is 0.0932 e. The number of hydrogen-bond acceptors (Lipinski definition) is 3. The van der Waals surface area contributed by atoms with E-state index in [-0.39, 0.29) is 6.61 Å². The van der Waals surface area contributed by atoms with Gasteiger partial charge >= 0.3 is 0 Å². The molecule has 1 aliphatic rings. The molecule has 0 amide bonds. The van der Waals surface area contributed by atoms with E-state index in [1.165, 1.54) is 23.5 Å². The van der Waals surface area contributed by atoms with Gasteiger partial charge in [0, 0.05) is 5.92 Å². The lowest BCUT2D eigenvalue weighted by Gasteiger charge is -1.92. The summed E-state index contributed by atoms with van der Waals surface area (Å²) in [5.41, 5.74) is 1.19. The van der Waals surface area contributed by atoms with E-state index in [4.69, 9.17) is 5.11 Å². The van der Waals surface area contributed by atoms with Crippen molar-refractivity contribution < 1.29 is 5.11 Å². The highest BCUT2D eigenvalue weighted by Crippen LogP contribution is 2.42. The number of aromatic nitrogens is 1. The molecule has 1 aromatic heterocycles. The van der Waals surface area contributed by atoms with Crippen LogP contribution in [0.15, 0.2) is 0 Å². The maximum atomic E-state index is 9.15. The maximum Gasteiger partial charge on any atom is 0.0932 e. The number of thiazole rings is 1. The molecule has 1 heterocycles. The summed E-state index contributed by atoms with van der Waals surface area (Å²) < 4.78 is 0. The van der Waals surface area contributed by atoms with Crippen LogP contribution < -0.4 is 0 Å². The molecular formula is C10H15NOS. The average molecular weight is 197 g/mol. The number of nitrogens with zero attached hydrogens (tertiary/aromatic N) is 1. The van der Waals surface area contributed by atoms with Crippen LogP contribution in [0.3, 0.4) is 0 Å². The molecule has 3 heteroatoms. The Balaban J connectivity index is 2.20. The second-order valence-electron chi connectivity index (χ2n) is 3.60. The highest BCUT2D eigenvalue weighted by Gasteiger charge is 2.29. The molecule has 1 fully saturated rings. The highest BCUT2D eigenvalue weighted by atomic mass is 32.1. The van der Waals surface area contributed by atoms with Crippen LogP contribution in [0.1, 0.15) is 47.7 Å². The third-order valence-corrected chi connectivity index (χ3v) is 3.46. The lowest BCUT2D eigenvalue weighted by Crippen LogP contribution is -1.87. The van der Waals surface area contributed by atoms with Crippen LogP contribution in [0, 0.1) is 0 Å². The zero-order valence-corrected chi connectivity index (χ0v) is 8.73. The van der Waals surface area contributed by atoms with E-state index in [0.717, 1.165) is 17.7 Å². The topological polar surface area (TPSA) is 33.1 Å². The molecule has 1 N–H and O–H groups in total. The highest BCUT2D eigenvalue weighted by molar-refractivity contribution is 7.11. The van der Waals surface area contributed by atoms with Crippen LogP contribution >= 0.6 is 11.3 Å². The molecule has 13 heavy (non-hydrogen) atoms. The molecule has 0 aliphatic heterocycles. The molecule has 2 rings (SSSR count). The third kappa shape index (κ3) is 1.92. The van der Waals surface area contributed by atoms with Gasteiger partial charge in [0.1, 0.15) is 0 Å². The van der Waals surface area contributed by atoms with Crippen molar-refractivity contribution >= 4 is 11.3 Å². The van der Waals surface area contributed by atoms with Gasteiger partial charge in [0.15, 0.2) is 0 Å². The van der Waals surface area contributed by atoms with Crippen LogP contribution in [0.2, 0.25) is 0 Å². The second kappa shape index (κ2) is 3.76. The van der Waals surface area contributed by atoms with Gasteiger partial charge in [-0.3, -0.25) is 0 Å². The molecule has 2 nitrogen and oxygen atoms in total. The van der Waals surface area contributed by atoms with Crippen LogP contribution in [-0.4, -0.2) is 10.1 Å². The van der Waals surface area contributed by atoms with Crippen LogP contribution in [0.4, 0.5) is 0 Å². The Morgan fingerprint density at radius 2 is 2.31 bits per heavy atom. The zero-order valence-electron chi connectivity index (χ0n) is 7.92. The van der Waals surface area contributed by atoms with Crippen molar-refractivity contribution in [3.8, 4) is 0 Å². The van der Waals surface area contributed by atoms with Gasteiger partial charge in [0.05, 0.1) is 22.2 Å². The molecule has 1 saturated carbocycles. The SMILES string of the molecule is CCCc1nc(C2CC2)c(CO)s1. The summed E-state index contributed by atoms with van der Waals surface area (Å²) in [6.45, 7) is 2.34. The summed E-state index contributed by atoms with van der Waals surface area (Å²) in [5, 5.41) is 10.3. The summed E-state index contributed by atoms with van der Waals surface area (Å²) >= 11 is 1.69. The van der Waals surface area contributed by atoms with Crippen molar-refractivity contribution in [3.05, 3.63) is 15.6 Å². The summed E-state index contributed by atoms with van der Waals surface area (Å²) in [6.07, 6.45) is 4.73. The Morgan fingerprint density at radius 1 is 1.54 bits per heavy atom. The van der Waals surface area contributed by atoms with E-state index in [9.17, 15) is 0 Å². The fourth-order valence-electron chi connectivity index (χ4n) is 1.52. The summed E-state index contributed by atoms with van der Waals surface area (Å²) in [4.78, 5) is 5.69. The van der Waals surface area contributed by atoms with Gasteiger partial charge in [0.25, 0.3) is 0 Å². The number of hydrogen-bond donors (Lipinski definition) is 1. The van der Waals surface area contributed by atoms with E-state index >= 15 is 0 Å². The first-order valence-corrected chi connectivity index (χ1v) is 5.76. The lowest BCUT2D eigenvalue weighted by atomic mass is 10.2. The van der Waals surface area contributed by atoms with Crippen molar-refractivity contribution in [1.29, 1.82) is 0 Å². The number of aliphatic hydroxyl groups is 1. The first-order valence-electron chi connectivity index (χ1n) is 4.94. The third-order valence-electron chi connectivity index (χ3n) is 2.34. The van der Waals surface area contributed by atoms with Crippen LogP contribution in [0.5, 0.6) is 0 Å². The molecule has 1 aromatic rings. The van der Waals surface area contributed by atoms with Crippen molar-refractivity contribution in [2.24, 2.45) is 0 Å². The Labute approximate surface area is 82.6 Å². The maximum absolute atomic E-state index is 9.15. The molecule has 0 atom stereocenters. The molecule has 0 spiro atoms. The van der Waals surface area contributed by atoms with Crippen LogP contribution in [0.25, 0.3) is 0 Å². The molecule has 1 aliphatic carbocycles. The van der Waals surface area contributed by atoms with Gasteiger partial charge in [0.2, 0.25) is 0 Å². The largest absolute Gasteiger partial charge is 0.391 e. The van der Waals surface area contributed by atoms with Gasteiger partial charge in [-0.15, -0.1) is 11.3 Å². The predicted molar refractivity (Wildman–Crippen MR) is 54.0 cm³/mol. The Hall–Kier alpha value is -0.410. The van der Waals surface area contributed by atoms with E-state index in [1.54, 1.807) is 11.3 Å². The van der Waals surface area contributed by atoms with Gasteiger partial charge in [-0.1, -0.05) is 6.92 Å². The van der Waals surface area contributed by atoms with Gasteiger partial charge in [-0.25, -0.2) is 4.98 Å². The normalized spacial score (nSPS) is 16.5. The molecule has 0 aromatic carbocycles. The molecule has 0 saturated heterocycles. The monoisotopic (exact) mass is 197 g/mol. The molecule has 72 valence electrons. The lowest BCUT2D eigenvalue weighted by molar-refractivity contribution is 0.284. The molecule has 0 unspecified atom stereocenters. The van der Waals surface area contributed by atoms with Gasteiger partial charge in [-0.05, 0) is 25.7 Å². The van der Waals surface area contributed by atoms with E-state index in [1.807, 2.05) is 0 Å². The van der Waals surface area contributed by atoms with E-state index < -0.39 is 0 Å². The summed E-state index contributed by atoms with van der Waals surface area (Å²) in [6, 6.07) is 0. The van der Waals surface area contributed by atoms with Crippen molar-refractivity contribution in [2.75, 3.05) is 0 Å². The van der Waals surface area contributed by atoms with Crippen molar-refractivity contribution in [1.82, 2.24) is 4.98 Å². The minimum absolute atomic E-state index is 0.174. The van der Waals surface area contributed by atoms with Crippen molar-refractivity contribution in [2.45, 2.75) is 45.1 Å². The van der Waals surface area contributed by atoms with Gasteiger partial charge in [-0.2, -0.15) is 0 Å². The first kappa shape index (κ1) is 9.16. The van der Waals surface area contributed by atoms with Crippen LogP contribution in [-0.2, 0) is 13.0 Å². The Morgan fingerprint density at radius 3 is 2.85 bits per heavy atom. The van der Waals surface area contributed by atoms with Gasteiger partial charge < -0.3 is 5.11 Å². The standard InChI is InChI=1S/C10H15NOS/c1-2-3-9-11-10(7-4-5-7)8(6-12)13-9/h7,12H,2-6H2,1H3. The average Bonchev–Trinajstić information content (AvgIpc) is 2.89. The summed E-state index contributed by atoms with van der Waals surface area (Å²) in [7, 11) is 0. The fourth-order valence-corrected chi connectivity index (χ4v) is 2.64. The number of aliphatic hydroxyl groups excluding tert-OH is 1. The molecule has 0 bridgehead atoms. The molecule has 0 radical (unpaired) electrons. The van der Waals surface area contributed by atoms with E-state index in [2.05, 4.69) is 11.9 Å². The first-order chi connectivity index (χ1) is 6.35. The number of rotatable bonds is 4. The fraction of sp³-hybridized carbons (Fsp3) is 0.700. The quantitative estimate of drug-likeness (QED) is 0.804. The minimum Gasteiger partial charge on any atom is -0.391 e. The second-order valence-corrected chi connectivity index (χ2v) is 4.77. The Bertz CT molecular complexity index is 291. The zero-order chi connectivity index (χ0) is 9.26. The number of aryl methyl sites for hydroxylation is 1. The minimum atomic E-state index is 0.174.